The van der Waals surface area contributed by atoms with Gasteiger partial charge in [-0.3, -0.25) is 9.59 Å². The summed E-state index contributed by atoms with van der Waals surface area (Å²) in [5, 5.41) is 82.0. The van der Waals surface area contributed by atoms with E-state index in [1.165, 1.54) is 30.3 Å². The number of benzene rings is 4. The Morgan fingerprint density at radius 3 is 2.05 bits per heavy atom. The maximum atomic E-state index is 14.1. The number of phenolic OH excluding ortho intramolecular Hbond substituents is 7. The number of rotatable bonds is 3. The number of carbonyl (C=O) groups is 1. The Bertz CT molecular complexity index is 1990. The lowest BCUT2D eigenvalue weighted by Crippen LogP contribution is -2.30. The molecule has 4 aromatic carbocycles. The molecular weight excluding hydrogens is 552 g/mol. The molecule has 0 unspecified atom stereocenters. The minimum absolute atomic E-state index is 0.0737. The number of hydrogen-bond donors (Lipinski definition) is 8. The van der Waals surface area contributed by atoms with Crippen molar-refractivity contribution in [2.24, 2.45) is 0 Å². The lowest BCUT2D eigenvalue weighted by Gasteiger charge is -2.34. The number of aromatic hydroxyl groups is 8. The Kier molecular flexibility index (Phi) is 5.78. The quantitative estimate of drug-likeness (QED) is 0.143. The summed E-state index contributed by atoms with van der Waals surface area (Å²) in [5.41, 5.74) is -2.15. The zero-order valence-electron chi connectivity index (χ0n) is 21.1. The molecule has 2 heterocycles. The molecule has 0 saturated heterocycles. The first kappa shape index (κ1) is 26.2. The van der Waals surface area contributed by atoms with Gasteiger partial charge in [-0.1, -0.05) is 12.1 Å². The molecule has 1 aliphatic heterocycles. The number of carbonyl (C=O) groups excluding carboxylic acids is 1. The predicted molar refractivity (Wildman–Crippen MR) is 145 cm³/mol. The fourth-order valence-electron chi connectivity index (χ4n) is 5.14. The predicted octanol–water partition coefficient (Wildman–Crippen LogP) is 4.21. The van der Waals surface area contributed by atoms with E-state index in [1.807, 2.05) is 0 Å². The molecule has 0 bridgehead atoms. The first-order valence-electron chi connectivity index (χ1n) is 12.3. The zero-order valence-corrected chi connectivity index (χ0v) is 21.1. The van der Waals surface area contributed by atoms with Crippen molar-refractivity contribution in [3.63, 3.8) is 0 Å². The molecule has 12 heteroatoms. The van der Waals surface area contributed by atoms with E-state index in [9.17, 15) is 50.4 Å². The van der Waals surface area contributed by atoms with E-state index in [2.05, 4.69) is 0 Å². The molecule has 42 heavy (non-hydrogen) atoms. The Balaban J connectivity index is 1.69. The van der Waals surface area contributed by atoms with Crippen LogP contribution in [0.4, 0.5) is 0 Å². The number of ether oxygens (including phenoxy) is 1. The topological polar surface area (TPSA) is 218 Å². The first-order chi connectivity index (χ1) is 20.0. The number of hydrogen-bond acceptors (Lipinski definition) is 12. The maximum Gasteiger partial charge on any atom is 0.238 e. The van der Waals surface area contributed by atoms with Crippen molar-refractivity contribution in [2.45, 2.75) is 12.0 Å². The molecule has 0 aliphatic carbocycles. The summed E-state index contributed by atoms with van der Waals surface area (Å²) in [7, 11) is 0. The number of Topliss-reactive ketones (excluding diaryl/α,β-unsaturated/α-hetero) is 1. The highest BCUT2D eigenvalue weighted by Crippen LogP contribution is 2.52. The smallest absolute Gasteiger partial charge is 0.238 e. The molecule has 2 atom stereocenters. The molecule has 1 aromatic heterocycles. The second kappa shape index (κ2) is 9.27. The van der Waals surface area contributed by atoms with Crippen molar-refractivity contribution in [3.05, 3.63) is 87.6 Å². The van der Waals surface area contributed by atoms with Crippen LogP contribution in [0.2, 0.25) is 0 Å². The van der Waals surface area contributed by atoms with Gasteiger partial charge in [-0.25, -0.2) is 0 Å². The molecule has 5 aromatic rings. The number of ketones is 1. The van der Waals surface area contributed by atoms with Crippen molar-refractivity contribution in [1.82, 2.24) is 0 Å². The van der Waals surface area contributed by atoms with E-state index >= 15 is 0 Å². The van der Waals surface area contributed by atoms with Gasteiger partial charge in [0, 0.05) is 23.8 Å². The minimum Gasteiger partial charge on any atom is -0.508 e. The Labute approximate surface area is 234 Å². The van der Waals surface area contributed by atoms with Gasteiger partial charge in [0.15, 0.2) is 28.6 Å². The van der Waals surface area contributed by atoms with Gasteiger partial charge < -0.3 is 50.0 Å². The van der Waals surface area contributed by atoms with Gasteiger partial charge in [0.25, 0.3) is 0 Å². The second-order valence-electron chi connectivity index (χ2n) is 9.65. The molecule has 8 N–H and O–H groups in total. The minimum atomic E-state index is -1.56. The van der Waals surface area contributed by atoms with Crippen molar-refractivity contribution in [2.75, 3.05) is 0 Å². The average Bonchev–Trinajstić information content (AvgIpc) is 2.92. The van der Waals surface area contributed by atoms with Gasteiger partial charge in [0.1, 0.15) is 51.6 Å². The SMILES string of the molecule is O=C1c2c(O)cc(O)cc2O[C@H](c2ccc(O)cc2)[C@H]1c1c(O)cc(O)c2c(=O)c(O)c(-c3ccc(O)c(O)c3)oc12. The van der Waals surface area contributed by atoms with Crippen LogP contribution in [0.3, 0.4) is 0 Å². The summed E-state index contributed by atoms with van der Waals surface area (Å²) in [6, 6.07) is 11.6. The summed E-state index contributed by atoms with van der Waals surface area (Å²) in [4.78, 5) is 27.4. The van der Waals surface area contributed by atoms with Crippen LogP contribution in [0.15, 0.2) is 69.9 Å². The fraction of sp³-hybridized carbons (Fsp3) is 0.0667. The van der Waals surface area contributed by atoms with Crippen LogP contribution in [0.5, 0.6) is 51.7 Å². The number of fused-ring (bicyclic) bond motifs is 2. The van der Waals surface area contributed by atoms with Crippen LogP contribution in [0.1, 0.15) is 33.5 Å². The molecule has 0 fully saturated rings. The van der Waals surface area contributed by atoms with Gasteiger partial charge in [-0.2, -0.15) is 0 Å². The summed E-state index contributed by atoms with van der Waals surface area (Å²) in [6.45, 7) is 0. The lowest BCUT2D eigenvalue weighted by atomic mass is 9.79. The molecule has 0 amide bonds. The summed E-state index contributed by atoms with van der Waals surface area (Å²) in [6.07, 6.45) is -1.30. The largest absolute Gasteiger partial charge is 0.508 e. The maximum absolute atomic E-state index is 14.1. The molecule has 0 saturated carbocycles. The van der Waals surface area contributed by atoms with E-state index in [0.29, 0.717) is 5.56 Å². The van der Waals surface area contributed by atoms with Crippen LogP contribution in [0.25, 0.3) is 22.3 Å². The second-order valence-corrected chi connectivity index (χ2v) is 9.65. The van der Waals surface area contributed by atoms with E-state index in [4.69, 9.17) is 9.15 Å². The van der Waals surface area contributed by atoms with Gasteiger partial charge in [0.2, 0.25) is 11.2 Å². The normalized spacial score (nSPS) is 16.2. The highest BCUT2D eigenvalue weighted by molar-refractivity contribution is 6.09. The van der Waals surface area contributed by atoms with Crippen LogP contribution < -0.4 is 10.2 Å². The molecule has 1 aliphatic rings. The monoisotopic (exact) mass is 572 g/mol. The Hall–Kier alpha value is -6.04. The Morgan fingerprint density at radius 2 is 1.36 bits per heavy atom. The van der Waals surface area contributed by atoms with Crippen molar-refractivity contribution < 1.29 is 54.8 Å². The average molecular weight is 572 g/mol. The van der Waals surface area contributed by atoms with Crippen LogP contribution in [-0.4, -0.2) is 46.6 Å². The summed E-state index contributed by atoms with van der Waals surface area (Å²) in [5.74, 6) is -7.79. The third-order valence-electron chi connectivity index (χ3n) is 7.06. The zero-order chi connectivity index (χ0) is 30.0. The first-order valence-corrected chi connectivity index (χ1v) is 12.3. The van der Waals surface area contributed by atoms with Crippen molar-refractivity contribution in [3.8, 4) is 63.1 Å². The molecule has 0 radical (unpaired) electrons. The molecule has 0 spiro atoms. The van der Waals surface area contributed by atoms with E-state index in [1.54, 1.807) is 0 Å². The fourth-order valence-corrected chi connectivity index (χ4v) is 5.14. The lowest BCUT2D eigenvalue weighted by molar-refractivity contribution is 0.0772. The van der Waals surface area contributed by atoms with Crippen LogP contribution in [-0.2, 0) is 0 Å². The standard InChI is InChI=1S/C30H20O12/c31-13-4-1-11(2-5-13)28-24(25(38)21-17(35)8-14(32)9-20(21)41-28)22-18(36)10-19(37)23-26(39)27(40)29(42-30(22)23)12-3-6-15(33)16(34)7-12/h1-10,24,28,31-37,40H/t24-,28+/m0/s1. The van der Waals surface area contributed by atoms with Gasteiger partial charge in [0.05, 0.1) is 11.5 Å². The van der Waals surface area contributed by atoms with Crippen LogP contribution in [0, 0.1) is 0 Å². The van der Waals surface area contributed by atoms with Gasteiger partial charge in [-0.15, -0.1) is 0 Å². The van der Waals surface area contributed by atoms with E-state index in [-0.39, 0.29) is 28.2 Å². The highest BCUT2D eigenvalue weighted by atomic mass is 16.5. The van der Waals surface area contributed by atoms with Crippen LogP contribution >= 0.6 is 0 Å². The Morgan fingerprint density at radius 1 is 0.643 bits per heavy atom. The van der Waals surface area contributed by atoms with Crippen molar-refractivity contribution in [1.29, 1.82) is 0 Å². The summed E-state index contributed by atoms with van der Waals surface area (Å²) < 4.78 is 11.9. The third-order valence-corrected chi connectivity index (χ3v) is 7.06. The third kappa shape index (κ3) is 3.92. The van der Waals surface area contributed by atoms with Gasteiger partial charge in [-0.05, 0) is 35.9 Å². The molecule has 6 rings (SSSR count). The molecule has 212 valence electrons. The van der Waals surface area contributed by atoms with Crippen molar-refractivity contribution >= 4 is 16.8 Å². The van der Waals surface area contributed by atoms with Gasteiger partial charge >= 0.3 is 0 Å². The van der Waals surface area contributed by atoms with E-state index in [0.717, 1.165) is 30.3 Å². The molecular formula is C30H20O12. The molecule has 12 nitrogen and oxygen atoms in total. The highest BCUT2D eigenvalue weighted by Gasteiger charge is 2.44. The summed E-state index contributed by atoms with van der Waals surface area (Å²) >= 11 is 0. The van der Waals surface area contributed by atoms with E-state index < -0.39 is 80.2 Å². The number of phenols is 7.